The summed E-state index contributed by atoms with van der Waals surface area (Å²) < 4.78 is 11.4. The van der Waals surface area contributed by atoms with E-state index in [0.29, 0.717) is 5.56 Å². The summed E-state index contributed by atoms with van der Waals surface area (Å²) >= 11 is 0. The Kier molecular flexibility index (Phi) is 2.59. The Hall–Kier alpha value is -3.12. The molecule has 6 nitrogen and oxygen atoms in total. The van der Waals surface area contributed by atoms with E-state index in [0.717, 1.165) is 65.9 Å². The van der Waals surface area contributed by atoms with Gasteiger partial charge < -0.3 is 19.2 Å². The Morgan fingerprint density at radius 1 is 0.967 bits per heavy atom. The number of fused-ring (bicyclic) bond motifs is 13. The SMILES string of the molecule is N=C1NC(=O)c2c1c1c3c(n4c1c1c2c2c(n1[C@@H]1CC[C@H]4O1)C=CCC2)CCC=C3. The molecule has 2 aliphatic carbocycles. The molecule has 0 unspecified atom stereocenters. The minimum absolute atomic E-state index is 0.00356. The molecule has 1 saturated heterocycles. The summed E-state index contributed by atoms with van der Waals surface area (Å²) in [6.07, 6.45) is 14.7. The van der Waals surface area contributed by atoms with Gasteiger partial charge in [0.05, 0.1) is 16.6 Å². The normalized spacial score (nSPS) is 25.2. The summed E-state index contributed by atoms with van der Waals surface area (Å²) in [6, 6.07) is 0. The second-order valence-corrected chi connectivity index (χ2v) is 9.00. The van der Waals surface area contributed by atoms with E-state index >= 15 is 0 Å². The zero-order chi connectivity index (χ0) is 19.7. The quantitative estimate of drug-likeness (QED) is 0.591. The van der Waals surface area contributed by atoms with Crippen molar-refractivity contribution < 1.29 is 9.53 Å². The third kappa shape index (κ3) is 1.54. The van der Waals surface area contributed by atoms with Crippen LogP contribution >= 0.6 is 0 Å². The first-order valence-electron chi connectivity index (χ1n) is 10.9. The van der Waals surface area contributed by atoms with Crippen molar-refractivity contribution in [3.63, 3.8) is 0 Å². The molecule has 148 valence electrons. The average molecular weight is 396 g/mol. The van der Waals surface area contributed by atoms with E-state index in [2.05, 4.69) is 38.8 Å². The van der Waals surface area contributed by atoms with Crippen LogP contribution in [0.5, 0.6) is 0 Å². The summed E-state index contributed by atoms with van der Waals surface area (Å²) in [5.74, 6) is 0.0991. The Balaban J connectivity index is 1.74. The van der Waals surface area contributed by atoms with Crippen molar-refractivity contribution in [1.29, 1.82) is 5.41 Å². The number of nitrogens with one attached hydrogen (secondary N) is 2. The minimum Gasteiger partial charge on any atom is -0.335 e. The number of carbonyl (C=O) groups excluding carboxylic acids is 1. The van der Waals surface area contributed by atoms with Crippen LogP contribution in [-0.2, 0) is 17.6 Å². The maximum atomic E-state index is 13.1. The van der Waals surface area contributed by atoms with Crippen molar-refractivity contribution in [2.24, 2.45) is 0 Å². The van der Waals surface area contributed by atoms with E-state index in [1.807, 2.05) is 0 Å². The van der Waals surface area contributed by atoms with Gasteiger partial charge in [-0.2, -0.15) is 0 Å². The van der Waals surface area contributed by atoms with E-state index in [1.54, 1.807) is 0 Å². The van der Waals surface area contributed by atoms with Gasteiger partial charge in [0, 0.05) is 33.3 Å². The van der Waals surface area contributed by atoms with E-state index < -0.39 is 0 Å². The smallest absolute Gasteiger partial charge is 0.258 e. The summed E-state index contributed by atoms with van der Waals surface area (Å²) in [5.41, 5.74) is 8.68. The van der Waals surface area contributed by atoms with Crippen LogP contribution in [0.3, 0.4) is 0 Å². The molecule has 2 aromatic heterocycles. The van der Waals surface area contributed by atoms with Crippen molar-refractivity contribution in [2.45, 2.75) is 51.0 Å². The molecule has 2 bridgehead atoms. The lowest BCUT2D eigenvalue weighted by Gasteiger charge is -2.19. The number of aryl methyl sites for hydroxylation is 1. The Morgan fingerprint density at radius 2 is 1.73 bits per heavy atom. The molecule has 0 spiro atoms. The van der Waals surface area contributed by atoms with Gasteiger partial charge in [-0.3, -0.25) is 10.2 Å². The number of nitrogens with zero attached hydrogens (tertiary/aromatic N) is 2. The predicted octanol–water partition coefficient (Wildman–Crippen LogP) is 4.40. The Labute approximate surface area is 172 Å². The van der Waals surface area contributed by atoms with Gasteiger partial charge in [-0.05, 0) is 50.2 Å². The topological polar surface area (TPSA) is 72.0 Å². The van der Waals surface area contributed by atoms with Gasteiger partial charge in [0.1, 0.15) is 18.3 Å². The highest BCUT2D eigenvalue weighted by Crippen LogP contribution is 2.52. The van der Waals surface area contributed by atoms with Gasteiger partial charge in [0.15, 0.2) is 0 Å². The predicted molar refractivity (Wildman–Crippen MR) is 115 cm³/mol. The summed E-state index contributed by atoms with van der Waals surface area (Å²) in [7, 11) is 0. The maximum absolute atomic E-state index is 13.1. The van der Waals surface area contributed by atoms with Crippen molar-refractivity contribution >= 4 is 45.7 Å². The number of carbonyl (C=O) groups is 1. The molecule has 3 aromatic rings. The van der Waals surface area contributed by atoms with Crippen molar-refractivity contribution in [1.82, 2.24) is 14.5 Å². The fourth-order valence-corrected chi connectivity index (χ4v) is 6.58. The second-order valence-electron chi connectivity index (χ2n) is 9.00. The summed E-state index contributed by atoms with van der Waals surface area (Å²) in [5, 5.41) is 13.6. The zero-order valence-corrected chi connectivity index (χ0v) is 16.4. The van der Waals surface area contributed by atoms with Crippen LogP contribution in [0.15, 0.2) is 12.2 Å². The lowest BCUT2D eigenvalue weighted by Crippen LogP contribution is -2.20. The van der Waals surface area contributed by atoms with Crippen LogP contribution in [0, 0.1) is 5.41 Å². The highest BCUT2D eigenvalue weighted by Gasteiger charge is 2.43. The molecule has 0 radical (unpaired) electrons. The van der Waals surface area contributed by atoms with Crippen LogP contribution in [0.4, 0.5) is 0 Å². The second kappa shape index (κ2) is 4.95. The minimum atomic E-state index is -0.136. The van der Waals surface area contributed by atoms with Crippen LogP contribution in [0.25, 0.3) is 34.0 Å². The number of allylic oxidation sites excluding steroid dienone is 2. The van der Waals surface area contributed by atoms with Gasteiger partial charge in [0.25, 0.3) is 5.91 Å². The van der Waals surface area contributed by atoms with Crippen LogP contribution in [0.1, 0.15) is 76.6 Å². The first kappa shape index (κ1) is 15.7. The molecule has 8 rings (SSSR count). The number of benzene rings is 1. The number of hydrogen-bond acceptors (Lipinski definition) is 3. The van der Waals surface area contributed by atoms with Crippen LogP contribution in [0.2, 0.25) is 0 Å². The third-order valence-electron chi connectivity index (χ3n) is 7.61. The molecule has 5 heterocycles. The monoisotopic (exact) mass is 396 g/mol. The van der Waals surface area contributed by atoms with Gasteiger partial charge in [0.2, 0.25) is 0 Å². The van der Waals surface area contributed by atoms with Crippen LogP contribution in [-0.4, -0.2) is 20.9 Å². The highest BCUT2D eigenvalue weighted by molar-refractivity contribution is 6.35. The number of rotatable bonds is 0. The standard InChI is InChI=1S/C24H20N4O2/c25-23-19-17-11-5-1-3-7-13(11)27-15-9-10-16(30-15)28-14-8-4-2-6-12(14)18(22(28)21(17)27)20(19)24(29)26-23/h1,4-5,8,15-16H,2-3,6-7,9-10H2,(H2,25,26,29)/t15-,16+/m1/s1. The van der Waals surface area contributed by atoms with Gasteiger partial charge in [-0.25, -0.2) is 0 Å². The van der Waals surface area contributed by atoms with Crippen molar-refractivity contribution in [2.75, 3.05) is 0 Å². The molecule has 0 saturated carbocycles. The summed E-state index contributed by atoms with van der Waals surface area (Å²) in [6.45, 7) is 0. The molecule has 2 atom stereocenters. The molecule has 1 amide bonds. The number of ether oxygens (including phenoxy) is 1. The zero-order valence-electron chi connectivity index (χ0n) is 16.4. The van der Waals surface area contributed by atoms with Gasteiger partial charge >= 0.3 is 0 Å². The number of hydrogen-bond donors (Lipinski definition) is 2. The molecular formula is C24H20N4O2. The van der Waals surface area contributed by atoms with Crippen LogP contribution < -0.4 is 5.32 Å². The molecular weight excluding hydrogens is 376 g/mol. The van der Waals surface area contributed by atoms with E-state index in [9.17, 15) is 4.79 Å². The first-order valence-corrected chi connectivity index (χ1v) is 10.9. The molecule has 6 heteroatoms. The van der Waals surface area contributed by atoms with Crippen molar-refractivity contribution in [3.8, 4) is 0 Å². The molecule has 30 heavy (non-hydrogen) atoms. The molecule has 1 aromatic carbocycles. The Morgan fingerprint density at radius 3 is 2.63 bits per heavy atom. The fourth-order valence-electron chi connectivity index (χ4n) is 6.58. The lowest BCUT2D eigenvalue weighted by molar-refractivity contribution is -0.0282. The van der Waals surface area contributed by atoms with E-state index in [1.165, 1.54) is 22.5 Å². The molecule has 3 aliphatic heterocycles. The number of amides is 1. The number of aromatic nitrogens is 2. The van der Waals surface area contributed by atoms with E-state index in [4.69, 9.17) is 10.1 Å². The lowest BCUT2D eigenvalue weighted by atomic mass is 9.91. The maximum Gasteiger partial charge on any atom is 0.258 e. The molecule has 1 fully saturated rings. The average Bonchev–Trinajstić information content (AvgIpc) is 3.46. The number of amidine groups is 1. The third-order valence-corrected chi connectivity index (χ3v) is 7.61. The largest absolute Gasteiger partial charge is 0.335 e. The van der Waals surface area contributed by atoms with Gasteiger partial charge in [-0.1, -0.05) is 18.2 Å². The van der Waals surface area contributed by atoms with Gasteiger partial charge in [-0.15, -0.1) is 0 Å². The van der Waals surface area contributed by atoms with E-state index in [-0.39, 0.29) is 24.2 Å². The van der Waals surface area contributed by atoms with Crippen molar-refractivity contribution in [3.05, 3.63) is 45.8 Å². The molecule has 2 N–H and O–H groups in total. The first-order chi connectivity index (χ1) is 14.7. The Bertz CT molecular complexity index is 1450. The fraction of sp³-hybridized carbons (Fsp3) is 0.333. The highest BCUT2D eigenvalue weighted by atomic mass is 16.5. The molecule has 5 aliphatic rings. The summed E-state index contributed by atoms with van der Waals surface area (Å²) in [4.78, 5) is 13.1.